The topological polar surface area (TPSA) is 61.4 Å². The molecular weight excluding hydrogens is 413 g/mol. The van der Waals surface area contributed by atoms with Crippen molar-refractivity contribution in [2.75, 3.05) is 39.3 Å². The zero-order valence-electron chi connectivity index (χ0n) is 12.3. The molecule has 22 heavy (non-hydrogen) atoms. The average Bonchev–Trinajstić information content (AvgIpc) is 2.43. The number of aryl methyl sites for hydroxylation is 1. The van der Waals surface area contributed by atoms with E-state index in [-0.39, 0.29) is 24.8 Å². The molecule has 9 heteroatoms. The molecule has 0 unspecified atom stereocenters. The molecule has 2 N–H and O–H groups in total. The minimum absolute atomic E-state index is 0. The highest BCUT2D eigenvalue weighted by atomic mass is 79.9. The molecule has 0 aliphatic carbocycles. The van der Waals surface area contributed by atoms with Gasteiger partial charge in [-0.15, -0.1) is 24.8 Å². The molecular formula is C13H22BrCl2N3O2S. The standard InChI is InChI=1S/C13H20BrN3O2S.2ClH/c1-11-10-12(2-3-13(11)14)20(18,19)16-6-9-17-7-4-15-5-8-17;;/h2-3,10,15-16H,4-9H2,1H3;2*1H. The minimum atomic E-state index is -3.41. The van der Waals surface area contributed by atoms with Crippen molar-refractivity contribution in [3.63, 3.8) is 0 Å². The van der Waals surface area contributed by atoms with Crippen molar-refractivity contribution in [1.82, 2.24) is 14.9 Å². The van der Waals surface area contributed by atoms with Crippen molar-refractivity contribution in [1.29, 1.82) is 0 Å². The lowest BCUT2D eigenvalue weighted by Gasteiger charge is -2.27. The SMILES string of the molecule is Cc1cc(S(=O)(=O)NCCN2CCNCC2)ccc1Br.Cl.Cl. The molecule has 1 aromatic carbocycles. The van der Waals surface area contributed by atoms with E-state index in [0.29, 0.717) is 11.4 Å². The van der Waals surface area contributed by atoms with Crippen LogP contribution in [0.15, 0.2) is 27.6 Å². The van der Waals surface area contributed by atoms with Crippen molar-refractivity contribution in [2.24, 2.45) is 0 Å². The van der Waals surface area contributed by atoms with Gasteiger partial charge in [0, 0.05) is 43.7 Å². The summed E-state index contributed by atoms with van der Waals surface area (Å²) < 4.78 is 27.9. The zero-order chi connectivity index (χ0) is 14.6. The zero-order valence-corrected chi connectivity index (χ0v) is 16.4. The van der Waals surface area contributed by atoms with E-state index in [2.05, 4.69) is 30.9 Å². The van der Waals surface area contributed by atoms with Gasteiger partial charge in [0.1, 0.15) is 0 Å². The second kappa shape index (κ2) is 10.1. The van der Waals surface area contributed by atoms with Crippen LogP contribution < -0.4 is 10.0 Å². The maximum absolute atomic E-state index is 12.2. The number of benzene rings is 1. The van der Waals surface area contributed by atoms with E-state index in [9.17, 15) is 8.42 Å². The molecule has 0 bridgehead atoms. The van der Waals surface area contributed by atoms with Gasteiger partial charge in [-0.3, -0.25) is 4.90 Å². The molecule has 1 aliphatic rings. The van der Waals surface area contributed by atoms with Gasteiger partial charge in [-0.1, -0.05) is 15.9 Å². The van der Waals surface area contributed by atoms with E-state index >= 15 is 0 Å². The molecule has 1 aliphatic heterocycles. The smallest absolute Gasteiger partial charge is 0.240 e. The van der Waals surface area contributed by atoms with Gasteiger partial charge >= 0.3 is 0 Å². The molecule has 5 nitrogen and oxygen atoms in total. The summed E-state index contributed by atoms with van der Waals surface area (Å²) >= 11 is 3.37. The Morgan fingerprint density at radius 3 is 2.50 bits per heavy atom. The highest BCUT2D eigenvalue weighted by Gasteiger charge is 2.15. The third kappa shape index (κ3) is 6.31. The van der Waals surface area contributed by atoms with Gasteiger partial charge in [-0.05, 0) is 30.7 Å². The van der Waals surface area contributed by atoms with Gasteiger partial charge in [-0.25, -0.2) is 13.1 Å². The quantitative estimate of drug-likeness (QED) is 0.741. The molecule has 1 heterocycles. The molecule has 0 aromatic heterocycles. The van der Waals surface area contributed by atoms with Gasteiger partial charge in [0.05, 0.1) is 4.90 Å². The number of sulfonamides is 1. The van der Waals surface area contributed by atoms with Gasteiger partial charge in [-0.2, -0.15) is 0 Å². The molecule has 128 valence electrons. The Morgan fingerprint density at radius 2 is 1.91 bits per heavy atom. The average molecular weight is 435 g/mol. The molecule has 0 atom stereocenters. The Kier molecular flexibility index (Phi) is 10.1. The Morgan fingerprint density at radius 1 is 1.27 bits per heavy atom. The number of halogens is 3. The summed E-state index contributed by atoms with van der Waals surface area (Å²) in [6.45, 7) is 6.95. The number of hydrogen-bond acceptors (Lipinski definition) is 4. The molecule has 0 saturated carbocycles. The Bertz CT molecular complexity index is 566. The first-order chi connectivity index (χ1) is 9.49. The van der Waals surface area contributed by atoms with Crippen molar-refractivity contribution in [3.8, 4) is 0 Å². The fourth-order valence-electron chi connectivity index (χ4n) is 2.14. The Balaban J connectivity index is 0.00000220. The number of piperazine rings is 1. The molecule has 0 spiro atoms. The van der Waals surface area contributed by atoms with Crippen LogP contribution >= 0.6 is 40.7 Å². The summed E-state index contributed by atoms with van der Waals surface area (Å²) in [5.41, 5.74) is 0.912. The van der Waals surface area contributed by atoms with Crippen LogP contribution in [0.2, 0.25) is 0 Å². The van der Waals surface area contributed by atoms with Crippen LogP contribution in [0.3, 0.4) is 0 Å². The van der Waals surface area contributed by atoms with Gasteiger partial charge < -0.3 is 5.32 Å². The summed E-state index contributed by atoms with van der Waals surface area (Å²) in [5.74, 6) is 0. The first-order valence-electron chi connectivity index (χ1n) is 6.68. The lowest BCUT2D eigenvalue weighted by molar-refractivity contribution is 0.245. The summed E-state index contributed by atoms with van der Waals surface area (Å²) in [7, 11) is -3.41. The fraction of sp³-hybridized carbons (Fsp3) is 0.538. The van der Waals surface area contributed by atoms with Crippen LogP contribution in [-0.4, -0.2) is 52.6 Å². The molecule has 0 amide bonds. The van der Waals surface area contributed by atoms with Crippen LogP contribution in [0.4, 0.5) is 0 Å². The van der Waals surface area contributed by atoms with Crippen LogP contribution in [-0.2, 0) is 10.0 Å². The van der Waals surface area contributed by atoms with Gasteiger partial charge in [0.25, 0.3) is 0 Å². The first kappa shape index (κ1) is 22.1. The number of nitrogens with zero attached hydrogens (tertiary/aromatic N) is 1. The number of hydrogen-bond donors (Lipinski definition) is 2. The summed E-state index contributed by atoms with van der Waals surface area (Å²) in [5, 5.41) is 3.27. The molecule has 1 saturated heterocycles. The number of nitrogens with one attached hydrogen (secondary N) is 2. The summed E-state index contributed by atoms with van der Waals surface area (Å²) in [6, 6.07) is 5.06. The third-order valence-corrected chi connectivity index (χ3v) is 5.72. The maximum Gasteiger partial charge on any atom is 0.240 e. The number of rotatable bonds is 5. The van der Waals surface area contributed by atoms with Crippen LogP contribution in [0, 0.1) is 6.92 Å². The van der Waals surface area contributed by atoms with E-state index in [1.54, 1.807) is 18.2 Å². The molecule has 2 rings (SSSR count). The monoisotopic (exact) mass is 433 g/mol. The Hall–Kier alpha value is 0.110. The lowest BCUT2D eigenvalue weighted by atomic mass is 10.2. The molecule has 1 aromatic rings. The largest absolute Gasteiger partial charge is 0.314 e. The molecule has 0 radical (unpaired) electrons. The molecule has 1 fully saturated rings. The Labute approximate surface area is 153 Å². The maximum atomic E-state index is 12.2. The minimum Gasteiger partial charge on any atom is -0.314 e. The van der Waals surface area contributed by atoms with E-state index in [1.807, 2.05) is 6.92 Å². The summed E-state index contributed by atoms with van der Waals surface area (Å²) in [6.07, 6.45) is 0. The van der Waals surface area contributed by atoms with Crippen molar-refractivity contribution >= 4 is 50.8 Å². The van der Waals surface area contributed by atoms with E-state index in [4.69, 9.17) is 0 Å². The third-order valence-electron chi connectivity index (χ3n) is 3.37. The highest BCUT2D eigenvalue weighted by Crippen LogP contribution is 2.19. The highest BCUT2D eigenvalue weighted by molar-refractivity contribution is 9.10. The second-order valence-corrected chi connectivity index (χ2v) is 7.52. The van der Waals surface area contributed by atoms with E-state index in [1.165, 1.54) is 0 Å². The summed E-state index contributed by atoms with van der Waals surface area (Å²) in [4.78, 5) is 2.57. The fourth-order valence-corrected chi connectivity index (χ4v) is 3.49. The van der Waals surface area contributed by atoms with Crippen molar-refractivity contribution in [2.45, 2.75) is 11.8 Å². The van der Waals surface area contributed by atoms with E-state index < -0.39 is 10.0 Å². The van der Waals surface area contributed by atoms with Gasteiger partial charge in [0.2, 0.25) is 10.0 Å². The van der Waals surface area contributed by atoms with E-state index in [0.717, 1.165) is 42.8 Å². The van der Waals surface area contributed by atoms with Crippen LogP contribution in [0.1, 0.15) is 5.56 Å². The predicted molar refractivity (Wildman–Crippen MR) is 97.9 cm³/mol. The van der Waals surface area contributed by atoms with Crippen LogP contribution in [0.25, 0.3) is 0 Å². The normalized spacial score (nSPS) is 15.7. The predicted octanol–water partition coefficient (Wildman–Crippen LogP) is 1.78. The lowest BCUT2D eigenvalue weighted by Crippen LogP contribution is -2.46. The van der Waals surface area contributed by atoms with Gasteiger partial charge in [0.15, 0.2) is 0 Å². The first-order valence-corrected chi connectivity index (χ1v) is 8.95. The van der Waals surface area contributed by atoms with Crippen LogP contribution in [0.5, 0.6) is 0 Å². The van der Waals surface area contributed by atoms with Crippen molar-refractivity contribution < 1.29 is 8.42 Å². The second-order valence-electron chi connectivity index (χ2n) is 4.90. The van der Waals surface area contributed by atoms with Crippen molar-refractivity contribution in [3.05, 3.63) is 28.2 Å².